The van der Waals surface area contributed by atoms with Gasteiger partial charge in [-0.3, -0.25) is 0 Å². The lowest BCUT2D eigenvalue weighted by atomic mass is 10.0. The second-order valence-electron chi connectivity index (χ2n) is 4.69. The zero-order valence-corrected chi connectivity index (χ0v) is 14.3. The number of nitriles is 1. The van der Waals surface area contributed by atoms with Gasteiger partial charge in [-0.15, -0.1) is 0 Å². The summed E-state index contributed by atoms with van der Waals surface area (Å²) in [6, 6.07) is 17.0. The molecule has 0 radical (unpaired) electrons. The fraction of sp³-hybridized carbons (Fsp3) is 0. The minimum Gasteiger partial charge on any atom is -0.348 e. The van der Waals surface area contributed by atoms with Crippen molar-refractivity contribution in [2.45, 2.75) is 0 Å². The third-order valence-electron chi connectivity index (χ3n) is 3.33. The Morgan fingerprint density at radius 1 is 0.864 bits per heavy atom. The van der Waals surface area contributed by atoms with Crippen LogP contribution in [0.4, 0.5) is 0 Å². The molecule has 3 rings (SSSR count). The van der Waals surface area contributed by atoms with Crippen molar-refractivity contribution in [3.8, 4) is 28.5 Å². The van der Waals surface area contributed by atoms with Crippen molar-refractivity contribution in [3.05, 3.63) is 68.7 Å². The molecule has 0 bridgehead atoms. The number of hydrogen-bond acceptors (Lipinski definition) is 1. The minimum absolute atomic E-state index is 0.580. The molecule has 0 fully saturated rings. The topological polar surface area (TPSA) is 39.6 Å². The maximum Gasteiger partial charge on any atom is 0.102 e. The maximum absolute atomic E-state index is 9.60. The Morgan fingerprint density at radius 2 is 1.36 bits per heavy atom. The molecule has 5 heteroatoms. The summed E-state index contributed by atoms with van der Waals surface area (Å²) in [5, 5.41) is 10.9. The highest BCUT2D eigenvalue weighted by atomic mass is 79.9. The van der Waals surface area contributed by atoms with Gasteiger partial charge >= 0.3 is 0 Å². The van der Waals surface area contributed by atoms with E-state index in [1.807, 2.05) is 24.3 Å². The Morgan fingerprint density at radius 3 is 1.86 bits per heavy atom. The second-order valence-corrected chi connectivity index (χ2v) is 6.36. The Balaban J connectivity index is 2.19. The summed E-state index contributed by atoms with van der Waals surface area (Å²) >= 11 is 15.4. The van der Waals surface area contributed by atoms with E-state index in [2.05, 4.69) is 27.0 Å². The van der Waals surface area contributed by atoms with Crippen molar-refractivity contribution < 1.29 is 0 Å². The average molecular weight is 392 g/mol. The maximum atomic E-state index is 9.60. The Kier molecular flexibility index (Phi) is 4.26. The van der Waals surface area contributed by atoms with Gasteiger partial charge in [0.15, 0.2) is 0 Å². The highest BCUT2D eigenvalue weighted by Crippen LogP contribution is 2.38. The predicted octanol–water partition coefficient (Wildman–Crippen LogP) is 6.29. The highest BCUT2D eigenvalue weighted by molar-refractivity contribution is 9.10. The summed E-state index contributed by atoms with van der Waals surface area (Å²) in [5.41, 5.74) is 3.99. The molecule has 0 aliphatic rings. The van der Waals surface area contributed by atoms with Crippen LogP contribution in [0.1, 0.15) is 5.56 Å². The van der Waals surface area contributed by atoms with Gasteiger partial charge in [0.25, 0.3) is 0 Å². The van der Waals surface area contributed by atoms with Crippen LogP contribution in [0.5, 0.6) is 0 Å². The average Bonchev–Trinajstić information content (AvgIpc) is 2.85. The molecule has 0 unspecified atom stereocenters. The molecular formula is C17H9BrCl2N2. The van der Waals surface area contributed by atoms with E-state index in [9.17, 15) is 5.26 Å². The lowest BCUT2D eigenvalue weighted by Crippen LogP contribution is -1.83. The van der Waals surface area contributed by atoms with E-state index in [0.29, 0.717) is 15.6 Å². The van der Waals surface area contributed by atoms with Crippen LogP contribution in [-0.4, -0.2) is 4.98 Å². The zero-order valence-electron chi connectivity index (χ0n) is 11.2. The SMILES string of the molecule is N#Cc1c(-c2ccc(Cl)cc2)[nH]c(Br)c1-c1ccc(Cl)cc1. The number of nitrogens with one attached hydrogen (secondary N) is 1. The molecule has 0 saturated carbocycles. The molecule has 0 spiro atoms. The first-order chi connectivity index (χ1) is 10.6. The molecule has 0 saturated heterocycles. The van der Waals surface area contributed by atoms with Crippen LogP contribution in [0.15, 0.2) is 53.1 Å². The van der Waals surface area contributed by atoms with Gasteiger partial charge < -0.3 is 4.98 Å². The third-order valence-corrected chi connectivity index (χ3v) is 4.43. The monoisotopic (exact) mass is 390 g/mol. The molecule has 1 heterocycles. The van der Waals surface area contributed by atoms with E-state index in [4.69, 9.17) is 23.2 Å². The summed E-state index contributed by atoms with van der Waals surface area (Å²) in [6.07, 6.45) is 0. The summed E-state index contributed by atoms with van der Waals surface area (Å²) in [5.74, 6) is 0. The summed E-state index contributed by atoms with van der Waals surface area (Å²) in [6.45, 7) is 0. The second kappa shape index (κ2) is 6.18. The van der Waals surface area contributed by atoms with Gasteiger partial charge in [0, 0.05) is 15.6 Å². The van der Waals surface area contributed by atoms with Gasteiger partial charge in [0.05, 0.1) is 15.9 Å². The third kappa shape index (κ3) is 2.78. The number of rotatable bonds is 2. The smallest absolute Gasteiger partial charge is 0.102 e. The molecule has 22 heavy (non-hydrogen) atoms. The number of H-pyrrole nitrogens is 1. The first-order valence-corrected chi connectivity index (χ1v) is 7.98. The van der Waals surface area contributed by atoms with Crippen LogP contribution in [0.25, 0.3) is 22.4 Å². The molecule has 0 atom stereocenters. The number of halogens is 3. The number of aromatic nitrogens is 1. The van der Waals surface area contributed by atoms with E-state index in [0.717, 1.165) is 27.0 Å². The van der Waals surface area contributed by atoms with Crippen molar-refractivity contribution in [2.75, 3.05) is 0 Å². The van der Waals surface area contributed by atoms with E-state index < -0.39 is 0 Å². The molecule has 1 N–H and O–H groups in total. The molecule has 0 amide bonds. The van der Waals surface area contributed by atoms with Crippen LogP contribution in [0.3, 0.4) is 0 Å². The van der Waals surface area contributed by atoms with E-state index in [1.54, 1.807) is 24.3 Å². The standard InChI is InChI=1S/C17H9BrCl2N2/c18-17-15(10-1-5-12(19)6-2-10)14(9-21)16(22-17)11-3-7-13(20)8-4-11/h1-8,22H. The van der Waals surface area contributed by atoms with Gasteiger partial charge in [0.1, 0.15) is 6.07 Å². The quantitative estimate of drug-likeness (QED) is 0.547. The van der Waals surface area contributed by atoms with E-state index in [-0.39, 0.29) is 0 Å². The van der Waals surface area contributed by atoms with Crippen molar-refractivity contribution in [1.29, 1.82) is 5.26 Å². The van der Waals surface area contributed by atoms with Crippen molar-refractivity contribution in [2.24, 2.45) is 0 Å². The lowest BCUT2D eigenvalue weighted by molar-refractivity contribution is 1.35. The molecule has 3 aromatic rings. The van der Waals surface area contributed by atoms with Crippen LogP contribution in [0.2, 0.25) is 10.0 Å². The number of aromatic amines is 1. The number of nitrogens with zero attached hydrogens (tertiary/aromatic N) is 1. The molecule has 0 aliphatic carbocycles. The van der Waals surface area contributed by atoms with E-state index >= 15 is 0 Å². The van der Waals surface area contributed by atoms with Gasteiger partial charge in [-0.1, -0.05) is 47.5 Å². The first kappa shape index (κ1) is 15.2. The molecule has 2 aromatic carbocycles. The molecular weight excluding hydrogens is 383 g/mol. The molecule has 108 valence electrons. The zero-order chi connectivity index (χ0) is 15.7. The molecule has 2 nitrogen and oxygen atoms in total. The van der Waals surface area contributed by atoms with Crippen molar-refractivity contribution >= 4 is 39.1 Å². The summed E-state index contributed by atoms with van der Waals surface area (Å²) < 4.78 is 0.760. The van der Waals surface area contributed by atoms with Gasteiger partial charge in [-0.05, 0) is 51.3 Å². The van der Waals surface area contributed by atoms with Gasteiger partial charge in [-0.25, -0.2) is 0 Å². The largest absolute Gasteiger partial charge is 0.348 e. The Bertz CT molecular complexity index is 859. The minimum atomic E-state index is 0.580. The number of hydrogen-bond donors (Lipinski definition) is 1. The van der Waals surface area contributed by atoms with Crippen LogP contribution < -0.4 is 0 Å². The fourth-order valence-electron chi connectivity index (χ4n) is 2.30. The fourth-order valence-corrected chi connectivity index (χ4v) is 3.18. The Labute approximate surface area is 146 Å². The Hall–Kier alpha value is -1.73. The summed E-state index contributed by atoms with van der Waals surface area (Å²) in [7, 11) is 0. The van der Waals surface area contributed by atoms with Crippen molar-refractivity contribution in [3.63, 3.8) is 0 Å². The van der Waals surface area contributed by atoms with Crippen LogP contribution in [0, 0.1) is 11.3 Å². The summed E-state index contributed by atoms with van der Waals surface area (Å²) in [4.78, 5) is 3.23. The van der Waals surface area contributed by atoms with E-state index in [1.165, 1.54) is 0 Å². The lowest BCUT2D eigenvalue weighted by Gasteiger charge is -2.02. The van der Waals surface area contributed by atoms with Gasteiger partial charge in [0.2, 0.25) is 0 Å². The number of benzene rings is 2. The molecule has 0 aliphatic heterocycles. The predicted molar refractivity (Wildman–Crippen MR) is 94.1 cm³/mol. The normalized spacial score (nSPS) is 10.5. The van der Waals surface area contributed by atoms with Crippen molar-refractivity contribution in [1.82, 2.24) is 4.98 Å². The first-order valence-electron chi connectivity index (χ1n) is 6.43. The molecule has 1 aromatic heterocycles. The van der Waals surface area contributed by atoms with Crippen LogP contribution >= 0.6 is 39.1 Å². The van der Waals surface area contributed by atoms with Crippen LogP contribution in [-0.2, 0) is 0 Å². The van der Waals surface area contributed by atoms with Gasteiger partial charge in [-0.2, -0.15) is 5.26 Å². The highest BCUT2D eigenvalue weighted by Gasteiger charge is 2.18.